The molecule has 0 unspecified atom stereocenters. The van der Waals surface area contributed by atoms with E-state index in [1.165, 1.54) is 6.33 Å². The van der Waals surface area contributed by atoms with Gasteiger partial charge in [-0.05, 0) is 12.1 Å². The van der Waals surface area contributed by atoms with Crippen molar-refractivity contribution in [3.8, 4) is 0 Å². The van der Waals surface area contributed by atoms with Gasteiger partial charge in [-0.1, -0.05) is 18.2 Å². The predicted octanol–water partition coefficient (Wildman–Crippen LogP) is 1.31. The maximum absolute atomic E-state index is 12.7. The Bertz CT molecular complexity index is 839. The van der Waals surface area contributed by atoms with Crippen LogP contribution >= 0.6 is 0 Å². The fraction of sp³-hybridized carbons (Fsp3) is 0.294. The van der Waals surface area contributed by atoms with Crippen LogP contribution in [0.15, 0.2) is 42.9 Å². The van der Waals surface area contributed by atoms with Gasteiger partial charge in [0.05, 0.1) is 17.6 Å². The van der Waals surface area contributed by atoms with Crippen molar-refractivity contribution < 1.29 is 4.79 Å². The van der Waals surface area contributed by atoms with Gasteiger partial charge in [0.25, 0.3) is 5.91 Å². The van der Waals surface area contributed by atoms with Gasteiger partial charge in [0, 0.05) is 37.8 Å². The quantitative estimate of drug-likeness (QED) is 0.787. The molecule has 24 heavy (non-hydrogen) atoms. The van der Waals surface area contributed by atoms with Gasteiger partial charge in [-0.25, -0.2) is 4.98 Å². The Morgan fingerprint density at radius 1 is 1.12 bits per heavy atom. The largest absolute Gasteiger partial charge is 0.336 e. The van der Waals surface area contributed by atoms with Crippen molar-refractivity contribution in [2.24, 2.45) is 0 Å². The number of nitrogens with zero attached hydrogens (tertiary/aromatic N) is 5. The lowest BCUT2D eigenvalue weighted by molar-refractivity contribution is 0.0625. The molecule has 0 saturated carbocycles. The first kappa shape index (κ1) is 14.8. The first-order valence-electron chi connectivity index (χ1n) is 8.00. The van der Waals surface area contributed by atoms with Gasteiger partial charge in [0.1, 0.15) is 12.2 Å². The Morgan fingerprint density at radius 2 is 1.96 bits per heavy atom. The zero-order chi connectivity index (χ0) is 16.4. The van der Waals surface area contributed by atoms with Gasteiger partial charge >= 0.3 is 0 Å². The van der Waals surface area contributed by atoms with Crippen molar-refractivity contribution in [2.75, 3.05) is 26.2 Å². The molecule has 1 fully saturated rings. The van der Waals surface area contributed by atoms with Crippen molar-refractivity contribution in [1.82, 2.24) is 30.0 Å². The number of rotatable bonds is 3. The third kappa shape index (κ3) is 2.98. The van der Waals surface area contributed by atoms with Crippen molar-refractivity contribution in [3.05, 3.63) is 54.2 Å². The average Bonchev–Trinajstić information content (AvgIpc) is 3.14. The van der Waals surface area contributed by atoms with Gasteiger partial charge in [0.15, 0.2) is 0 Å². The van der Waals surface area contributed by atoms with Gasteiger partial charge in [-0.15, -0.1) is 0 Å². The van der Waals surface area contributed by atoms with Crippen LogP contribution in [0.5, 0.6) is 0 Å². The first-order valence-corrected chi connectivity index (χ1v) is 8.00. The van der Waals surface area contributed by atoms with Gasteiger partial charge in [-0.3, -0.25) is 19.8 Å². The number of carbonyl (C=O) groups excluding carboxylic acids is 1. The third-order valence-electron chi connectivity index (χ3n) is 4.34. The van der Waals surface area contributed by atoms with Crippen molar-refractivity contribution in [3.63, 3.8) is 0 Å². The molecule has 1 aliphatic rings. The summed E-state index contributed by atoms with van der Waals surface area (Å²) in [5.74, 6) is 0.904. The molecule has 7 heteroatoms. The number of benzene rings is 1. The summed E-state index contributed by atoms with van der Waals surface area (Å²) in [4.78, 5) is 25.4. The molecular formula is C17H18N6O. The second kappa shape index (κ2) is 6.37. The first-order chi connectivity index (χ1) is 11.8. The molecule has 0 atom stereocenters. The van der Waals surface area contributed by atoms with Crippen LogP contribution in [0.1, 0.15) is 16.2 Å². The third-order valence-corrected chi connectivity index (χ3v) is 4.34. The lowest BCUT2D eigenvalue weighted by atomic mass is 10.1. The van der Waals surface area contributed by atoms with Crippen molar-refractivity contribution >= 4 is 16.8 Å². The van der Waals surface area contributed by atoms with Crippen LogP contribution in [0.4, 0.5) is 0 Å². The van der Waals surface area contributed by atoms with E-state index >= 15 is 0 Å². The summed E-state index contributed by atoms with van der Waals surface area (Å²) in [6.45, 7) is 3.81. The Hall–Kier alpha value is -2.80. The van der Waals surface area contributed by atoms with Crippen LogP contribution in [0.25, 0.3) is 10.9 Å². The Balaban J connectivity index is 1.41. The number of hydrogen-bond acceptors (Lipinski definition) is 5. The number of hydrogen-bond donors (Lipinski definition) is 1. The standard InChI is InChI=1S/C17H18N6O/c24-17(14-9-13-3-1-2-4-15(13)18-10-14)23-7-5-22(6-8-23)11-16-19-12-20-21-16/h1-4,9-10,12H,5-8,11H2,(H,19,20,21). The van der Waals surface area contributed by atoms with Crippen LogP contribution in [-0.2, 0) is 6.54 Å². The SMILES string of the molecule is O=C(c1cnc2ccccc2c1)N1CCN(Cc2ncn[nH]2)CC1. The molecule has 1 N–H and O–H groups in total. The number of carbonyl (C=O) groups is 1. The van der Waals surface area contributed by atoms with Crippen LogP contribution < -0.4 is 0 Å². The number of nitrogens with one attached hydrogen (secondary N) is 1. The molecule has 2 aromatic heterocycles. The molecule has 3 aromatic rings. The van der Waals surface area contributed by atoms with E-state index in [4.69, 9.17) is 0 Å². The molecule has 1 aliphatic heterocycles. The minimum absolute atomic E-state index is 0.0487. The van der Waals surface area contributed by atoms with E-state index in [9.17, 15) is 4.79 Å². The molecule has 4 rings (SSSR count). The molecule has 0 bridgehead atoms. The molecule has 0 aliphatic carbocycles. The number of amides is 1. The number of aromatic nitrogens is 4. The Kier molecular flexibility index (Phi) is 3.92. The van der Waals surface area contributed by atoms with Crippen LogP contribution in [0, 0.1) is 0 Å². The highest BCUT2D eigenvalue weighted by Gasteiger charge is 2.23. The number of fused-ring (bicyclic) bond motifs is 1. The van der Waals surface area contributed by atoms with Crippen molar-refractivity contribution in [2.45, 2.75) is 6.54 Å². The number of H-pyrrole nitrogens is 1. The van der Waals surface area contributed by atoms with Crippen LogP contribution in [0.2, 0.25) is 0 Å². The molecule has 122 valence electrons. The molecule has 3 heterocycles. The highest BCUT2D eigenvalue weighted by molar-refractivity contribution is 5.97. The summed E-state index contributed by atoms with van der Waals surface area (Å²) in [6.07, 6.45) is 3.19. The molecule has 7 nitrogen and oxygen atoms in total. The topological polar surface area (TPSA) is 78.0 Å². The summed E-state index contributed by atoms with van der Waals surface area (Å²) in [5, 5.41) is 7.72. The average molecular weight is 322 g/mol. The molecule has 1 saturated heterocycles. The Morgan fingerprint density at radius 3 is 2.75 bits per heavy atom. The monoisotopic (exact) mass is 322 g/mol. The molecule has 1 aromatic carbocycles. The van der Waals surface area contributed by atoms with E-state index in [1.807, 2.05) is 35.2 Å². The van der Waals surface area contributed by atoms with Crippen LogP contribution in [0.3, 0.4) is 0 Å². The van der Waals surface area contributed by atoms with E-state index in [-0.39, 0.29) is 5.91 Å². The zero-order valence-corrected chi connectivity index (χ0v) is 13.2. The minimum atomic E-state index is 0.0487. The summed E-state index contributed by atoms with van der Waals surface area (Å²) >= 11 is 0. The smallest absolute Gasteiger partial charge is 0.255 e. The van der Waals surface area contributed by atoms with Gasteiger partial charge in [-0.2, -0.15) is 5.10 Å². The van der Waals surface area contributed by atoms with E-state index in [2.05, 4.69) is 25.1 Å². The summed E-state index contributed by atoms with van der Waals surface area (Å²) in [6, 6.07) is 9.76. The number of pyridine rings is 1. The second-order valence-electron chi connectivity index (χ2n) is 5.92. The summed E-state index contributed by atoms with van der Waals surface area (Å²) in [5.41, 5.74) is 1.56. The normalized spacial score (nSPS) is 15.8. The highest BCUT2D eigenvalue weighted by atomic mass is 16.2. The van der Waals surface area contributed by atoms with E-state index in [0.29, 0.717) is 18.7 Å². The van der Waals surface area contributed by atoms with Gasteiger partial charge in [0.2, 0.25) is 0 Å². The lowest BCUT2D eigenvalue weighted by Gasteiger charge is -2.34. The van der Waals surface area contributed by atoms with E-state index in [1.54, 1.807) is 6.20 Å². The maximum Gasteiger partial charge on any atom is 0.255 e. The number of piperazine rings is 1. The van der Waals surface area contributed by atoms with E-state index < -0.39 is 0 Å². The fourth-order valence-corrected chi connectivity index (χ4v) is 3.00. The van der Waals surface area contributed by atoms with Crippen LogP contribution in [-0.4, -0.2) is 62.1 Å². The minimum Gasteiger partial charge on any atom is -0.336 e. The molecule has 0 spiro atoms. The van der Waals surface area contributed by atoms with Gasteiger partial charge < -0.3 is 4.90 Å². The second-order valence-corrected chi connectivity index (χ2v) is 5.92. The maximum atomic E-state index is 12.7. The Labute approximate surface area is 139 Å². The molecule has 1 amide bonds. The summed E-state index contributed by atoms with van der Waals surface area (Å²) in [7, 11) is 0. The molecule has 0 radical (unpaired) electrons. The summed E-state index contributed by atoms with van der Waals surface area (Å²) < 4.78 is 0. The van der Waals surface area contributed by atoms with E-state index in [0.717, 1.165) is 36.4 Å². The molecular weight excluding hydrogens is 304 g/mol. The highest BCUT2D eigenvalue weighted by Crippen LogP contribution is 2.15. The number of aromatic amines is 1. The predicted molar refractivity (Wildman–Crippen MR) is 89.3 cm³/mol. The fourth-order valence-electron chi connectivity index (χ4n) is 3.00. The van der Waals surface area contributed by atoms with Crippen molar-refractivity contribution in [1.29, 1.82) is 0 Å². The lowest BCUT2D eigenvalue weighted by Crippen LogP contribution is -2.48. The number of para-hydroxylation sites is 1. The zero-order valence-electron chi connectivity index (χ0n) is 13.2.